The number of methoxy groups -OCH3 is 2. The molecule has 0 spiro atoms. The number of likely N-dealkylation sites (tertiary alicyclic amines) is 1. The number of rotatable bonds is 18. The minimum atomic E-state index is -3.67. The molecule has 0 radical (unpaired) electrons. The topological polar surface area (TPSA) is 162 Å². The lowest BCUT2D eigenvalue weighted by atomic mass is 9.85. The van der Waals surface area contributed by atoms with Gasteiger partial charge in [-0.3, -0.25) is 19.6 Å². The van der Waals surface area contributed by atoms with Crippen LogP contribution in [0.1, 0.15) is 77.7 Å². The molecule has 3 N–H and O–H groups in total. The van der Waals surface area contributed by atoms with Gasteiger partial charge in [0.05, 0.1) is 44.5 Å². The molecule has 1 saturated heterocycles. The number of sulfonamides is 1. The van der Waals surface area contributed by atoms with Gasteiger partial charge in [-0.05, 0) is 91.9 Å². The molecular formula is C39H56N4O9S. The van der Waals surface area contributed by atoms with Crippen molar-refractivity contribution in [3.05, 3.63) is 42.0 Å². The molecule has 6 rings (SSSR count). The average Bonchev–Trinajstić information content (AvgIpc) is 4.00. The summed E-state index contributed by atoms with van der Waals surface area (Å²) in [4.78, 5) is 42.1. The van der Waals surface area contributed by atoms with Gasteiger partial charge < -0.3 is 29.2 Å². The van der Waals surface area contributed by atoms with Gasteiger partial charge in [0.2, 0.25) is 15.9 Å². The summed E-state index contributed by atoms with van der Waals surface area (Å²) in [7, 11) is -0.392. The van der Waals surface area contributed by atoms with Gasteiger partial charge in [0.15, 0.2) is 0 Å². The van der Waals surface area contributed by atoms with Crippen molar-refractivity contribution in [1.82, 2.24) is 20.3 Å². The van der Waals surface area contributed by atoms with Crippen LogP contribution in [0.3, 0.4) is 0 Å². The predicted molar refractivity (Wildman–Crippen MR) is 200 cm³/mol. The largest absolute Gasteiger partial charge is 0.496 e. The van der Waals surface area contributed by atoms with Crippen molar-refractivity contribution in [3.63, 3.8) is 0 Å². The molecule has 53 heavy (non-hydrogen) atoms. The number of alkyl carbamates (subject to hydrolysis) is 1. The van der Waals surface area contributed by atoms with Crippen molar-refractivity contribution in [2.75, 3.05) is 40.7 Å². The number of ether oxygens (including phenoxy) is 4. The number of benzene rings is 2. The van der Waals surface area contributed by atoms with Gasteiger partial charge in [-0.25, -0.2) is 13.2 Å². The van der Waals surface area contributed by atoms with E-state index in [1.807, 2.05) is 45.0 Å². The van der Waals surface area contributed by atoms with Crippen LogP contribution < -0.4 is 20.1 Å². The van der Waals surface area contributed by atoms with Crippen LogP contribution in [0.2, 0.25) is 0 Å². The van der Waals surface area contributed by atoms with Crippen LogP contribution in [0.25, 0.3) is 10.8 Å². The van der Waals surface area contributed by atoms with E-state index >= 15 is 0 Å². The molecule has 1 aliphatic heterocycles. The van der Waals surface area contributed by atoms with E-state index < -0.39 is 44.3 Å². The lowest BCUT2D eigenvalue weighted by Gasteiger charge is -2.35. The predicted octanol–water partition coefficient (Wildman–Crippen LogP) is 4.27. The van der Waals surface area contributed by atoms with E-state index in [1.54, 1.807) is 19.1 Å². The third-order valence-corrected chi connectivity index (χ3v) is 13.1. The van der Waals surface area contributed by atoms with Crippen LogP contribution in [-0.4, -0.2) is 101 Å². The van der Waals surface area contributed by atoms with E-state index in [0.29, 0.717) is 44.6 Å². The maximum Gasteiger partial charge on any atom is 0.407 e. The highest BCUT2D eigenvalue weighted by atomic mass is 32.2. The van der Waals surface area contributed by atoms with Gasteiger partial charge >= 0.3 is 6.09 Å². The number of hydrogen-bond acceptors (Lipinski definition) is 10. The minimum Gasteiger partial charge on any atom is -0.496 e. The first-order valence-electron chi connectivity index (χ1n) is 19.0. The van der Waals surface area contributed by atoms with Gasteiger partial charge in [-0.15, -0.1) is 0 Å². The van der Waals surface area contributed by atoms with E-state index in [-0.39, 0.29) is 43.9 Å². The van der Waals surface area contributed by atoms with E-state index in [1.165, 1.54) is 0 Å². The van der Waals surface area contributed by atoms with Crippen LogP contribution in [0.5, 0.6) is 5.75 Å². The van der Waals surface area contributed by atoms with Crippen LogP contribution in [0, 0.1) is 17.3 Å². The molecule has 3 amide bonds. The Bertz CT molecular complexity index is 1760. The summed E-state index contributed by atoms with van der Waals surface area (Å²) in [6, 6.07) is 11.0. The van der Waals surface area contributed by atoms with Crippen molar-refractivity contribution < 1.29 is 41.7 Å². The SMILES string of the molecule is COc1ccc2ccccc2c1CCCCOC(=O)N[C@H](C(=O)N1C[C@@H](OC)C[C@H]1COCN[C@]1(C(=O)NS(=O)(=O)C2CC2)C[C@H]1C1CC1)C(C)(C)C. The van der Waals surface area contributed by atoms with Crippen molar-refractivity contribution >= 4 is 38.7 Å². The Hall–Kier alpha value is -3.46. The van der Waals surface area contributed by atoms with Crippen LogP contribution in [0.15, 0.2) is 36.4 Å². The van der Waals surface area contributed by atoms with Gasteiger partial charge in [0, 0.05) is 19.2 Å². The van der Waals surface area contributed by atoms with Gasteiger partial charge in [0.25, 0.3) is 5.91 Å². The number of hydrogen-bond donors (Lipinski definition) is 3. The van der Waals surface area contributed by atoms with Gasteiger partial charge in [-0.2, -0.15) is 0 Å². The number of carbonyl (C=O) groups is 3. The average molecular weight is 757 g/mol. The summed E-state index contributed by atoms with van der Waals surface area (Å²) in [6.07, 6.45) is 5.68. The third kappa shape index (κ3) is 9.26. The Labute approximate surface area is 313 Å². The lowest BCUT2D eigenvalue weighted by molar-refractivity contribution is -0.138. The smallest absolute Gasteiger partial charge is 0.407 e. The van der Waals surface area contributed by atoms with Gasteiger partial charge in [-0.1, -0.05) is 51.1 Å². The second-order valence-electron chi connectivity index (χ2n) is 16.2. The normalized spacial score (nSPS) is 24.8. The maximum absolute atomic E-state index is 14.1. The van der Waals surface area contributed by atoms with Crippen molar-refractivity contribution in [2.45, 2.75) is 108 Å². The monoisotopic (exact) mass is 756 g/mol. The number of aryl methyl sites for hydroxylation is 1. The fourth-order valence-corrected chi connectivity index (χ4v) is 9.10. The number of carbonyl (C=O) groups excluding carboxylic acids is 3. The van der Waals surface area contributed by atoms with E-state index in [0.717, 1.165) is 47.8 Å². The first kappa shape index (κ1) is 39.2. The standard InChI is InChI=1S/C39H56N4O9S/c1-38(2,3)34(41-37(46)52-19-9-8-12-31-30-11-7-6-10-25(30)15-18-33(31)50-5)35(44)43-22-28(49-4)20-27(43)23-51-24-40-39(21-32(39)26-13-14-26)36(45)42-53(47,48)29-16-17-29/h6-7,10-11,15,18,26-29,32,34,40H,8-9,12-14,16-17,19-24H2,1-5H3,(H,41,46)(H,42,45)/t27-,28-,32-,34+,39+/m0/s1. The molecule has 2 aromatic rings. The maximum atomic E-state index is 14.1. The van der Waals surface area contributed by atoms with Crippen molar-refractivity contribution in [3.8, 4) is 5.75 Å². The first-order chi connectivity index (χ1) is 25.3. The Kier molecular flexibility index (Phi) is 11.9. The summed E-state index contributed by atoms with van der Waals surface area (Å²) in [6.45, 7) is 6.43. The number of unbranched alkanes of at least 4 members (excludes halogenated alkanes) is 1. The molecule has 13 nitrogen and oxygen atoms in total. The second-order valence-corrected chi connectivity index (χ2v) is 18.2. The number of fused-ring (bicyclic) bond motifs is 1. The quantitative estimate of drug-likeness (QED) is 0.148. The highest BCUT2D eigenvalue weighted by Gasteiger charge is 2.65. The molecule has 4 fully saturated rings. The molecule has 0 unspecified atom stereocenters. The highest BCUT2D eigenvalue weighted by Crippen LogP contribution is 2.57. The number of nitrogens with one attached hydrogen (secondary N) is 3. The molecule has 0 bridgehead atoms. The number of nitrogens with zero attached hydrogens (tertiary/aromatic N) is 1. The summed E-state index contributed by atoms with van der Waals surface area (Å²) in [5.74, 6) is 0.572. The van der Waals surface area contributed by atoms with Crippen molar-refractivity contribution in [1.29, 1.82) is 0 Å². The molecule has 2 aromatic carbocycles. The van der Waals surface area contributed by atoms with Crippen LogP contribution in [0.4, 0.5) is 4.79 Å². The summed E-state index contributed by atoms with van der Waals surface area (Å²) < 4.78 is 50.2. The Morgan fingerprint density at radius 1 is 1.02 bits per heavy atom. The van der Waals surface area contributed by atoms with Crippen LogP contribution >= 0.6 is 0 Å². The molecular weight excluding hydrogens is 701 g/mol. The second kappa shape index (κ2) is 16.1. The fraction of sp³-hybridized carbons (Fsp3) is 0.667. The zero-order chi connectivity index (χ0) is 38.0. The molecule has 4 aliphatic rings. The van der Waals surface area contributed by atoms with Gasteiger partial charge in [0.1, 0.15) is 17.3 Å². The fourth-order valence-electron chi connectivity index (χ4n) is 7.74. The highest BCUT2D eigenvalue weighted by molar-refractivity contribution is 7.91. The van der Waals surface area contributed by atoms with E-state index in [2.05, 4.69) is 27.5 Å². The molecule has 3 saturated carbocycles. The summed E-state index contributed by atoms with van der Waals surface area (Å²) in [5, 5.41) is 7.87. The molecule has 0 aromatic heterocycles. The van der Waals surface area contributed by atoms with E-state index in [4.69, 9.17) is 18.9 Å². The molecule has 14 heteroatoms. The lowest BCUT2D eigenvalue weighted by Crippen LogP contribution is -2.56. The number of amides is 3. The van der Waals surface area contributed by atoms with Crippen LogP contribution in [-0.2, 0) is 40.2 Å². The summed E-state index contributed by atoms with van der Waals surface area (Å²) in [5.41, 5.74) is -0.459. The molecule has 292 valence electrons. The Morgan fingerprint density at radius 2 is 1.77 bits per heavy atom. The Balaban J connectivity index is 0.998. The first-order valence-corrected chi connectivity index (χ1v) is 20.5. The molecule has 5 atom stereocenters. The third-order valence-electron chi connectivity index (χ3n) is 11.2. The molecule has 1 heterocycles. The summed E-state index contributed by atoms with van der Waals surface area (Å²) >= 11 is 0. The zero-order valence-electron chi connectivity index (χ0n) is 31.7. The zero-order valence-corrected chi connectivity index (χ0v) is 32.5. The minimum absolute atomic E-state index is 0.0247. The Morgan fingerprint density at radius 3 is 2.45 bits per heavy atom. The van der Waals surface area contributed by atoms with E-state index in [9.17, 15) is 22.8 Å². The molecule has 3 aliphatic carbocycles. The van der Waals surface area contributed by atoms with Crippen molar-refractivity contribution in [2.24, 2.45) is 17.3 Å².